The van der Waals surface area contributed by atoms with Gasteiger partial charge in [0.1, 0.15) is 5.75 Å². The lowest BCUT2D eigenvalue weighted by atomic mass is 9.86. The number of amides is 1. The lowest BCUT2D eigenvalue weighted by Gasteiger charge is -2.29. The van der Waals surface area contributed by atoms with Gasteiger partial charge in [0.25, 0.3) is 5.91 Å². The van der Waals surface area contributed by atoms with Crippen LogP contribution in [0.25, 0.3) is 0 Å². The highest BCUT2D eigenvalue weighted by molar-refractivity contribution is 5.91. The molecule has 0 radical (unpaired) electrons. The van der Waals surface area contributed by atoms with Crippen LogP contribution >= 0.6 is 0 Å². The molecule has 1 N–H and O–H groups in total. The first-order chi connectivity index (χ1) is 12.0. The summed E-state index contributed by atoms with van der Waals surface area (Å²) in [5.74, 6) is 0.905. The van der Waals surface area contributed by atoms with Crippen LogP contribution in [0.2, 0.25) is 0 Å². The molecule has 0 spiro atoms. The highest BCUT2D eigenvalue weighted by Gasteiger charge is 2.23. The molecule has 1 saturated carbocycles. The Kier molecular flexibility index (Phi) is 7.29. The Bertz CT molecular complexity index is 568. The fourth-order valence-electron chi connectivity index (χ4n) is 2.94. The van der Waals surface area contributed by atoms with Crippen LogP contribution < -0.4 is 10.1 Å². The monoisotopic (exact) mass is 347 g/mol. The maximum Gasteiger partial charge on any atom is 0.338 e. The minimum absolute atomic E-state index is 0.192. The zero-order valence-electron chi connectivity index (χ0n) is 15.4. The van der Waals surface area contributed by atoms with E-state index in [1.165, 1.54) is 6.42 Å². The van der Waals surface area contributed by atoms with Gasteiger partial charge in [-0.15, -0.1) is 0 Å². The molecule has 1 aromatic rings. The molecule has 1 aromatic carbocycles. The van der Waals surface area contributed by atoms with Crippen molar-refractivity contribution < 1.29 is 19.1 Å². The number of benzene rings is 1. The molecule has 5 heteroatoms. The Hall–Kier alpha value is -2.04. The van der Waals surface area contributed by atoms with Gasteiger partial charge in [-0.25, -0.2) is 4.79 Å². The number of hydrogen-bond acceptors (Lipinski definition) is 4. The third-order valence-corrected chi connectivity index (χ3v) is 4.47. The highest BCUT2D eigenvalue weighted by Crippen LogP contribution is 2.23. The van der Waals surface area contributed by atoms with Crippen molar-refractivity contribution in [3.05, 3.63) is 29.8 Å². The van der Waals surface area contributed by atoms with Gasteiger partial charge < -0.3 is 14.8 Å². The molecular formula is C20H29NO4. The topological polar surface area (TPSA) is 64.6 Å². The molecule has 0 aromatic heterocycles. The predicted octanol–water partition coefficient (Wildman–Crippen LogP) is 3.57. The largest absolute Gasteiger partial charge is 0.493 e. The Labute approximate surface area is 150 Å². The molecule has 0 heterocycles. The quantitative estimate of drug-likeness (QED) is 0.766. The number of carbonyl (C=O) groups is 2. The lowest BCUT2D eigenvalue weighted by molar-refractivity contribution is -0.125. The van der Waals surface area contributed by atoms with E-state index < -0.39 is 5.97 Å². The van der Waals surface area contributed by atoms with Crippen LogP contribution in [-0.2, 0) is 9.53 Å². The summed E-state index contributed by atoms with van der Waals surface area (Å²) in [5, 5.41) is 2.98. The molecule has 138 valence electrons. The van der Waals surface area contributed by atoms with E-state index in [1.54, 1.807) is 24.3 Å². The van der Waals surface area contributed by atoms with Crippen molar-refractivity contribution in [1.29, 1.82) is 0 Å². The van der Waals surface area contributed by atoms with E-state index in [1.807, 2.05) is 0 Å². The molecule has 0 saturated heterocycles. The van der Waals surface area contributed by atoms with Gasteiger partial charge >= 0.3 is 5.97 Å². The summed E-state index contributed by atoms with van der Waals surface area (Å²) in [6, 6.07) is 6.97. The average Bonchev–Trinajstić information content (AvgIpc) is 2.60. The number of ether oxygens (including phenoxy) is 2. The van der Waals surface area contributed by atoms with Crippen LogP contribution in [-0.4, -0.2) is 31.1 Å². The number of esters is 1. The molecule has 0 aliphatic heterocycles. The first-order valence-electron chi connectivity index (χ1n) is 9.15. The number of hydrogen-bond donors (Lipinski definition) is 1. The number of nitrogens with one attached hydrogen (secondary N) is 1. The van der Waals surface area contributed by atoms with E-state index in [9.17, 15) is 9.59 Å². The van der Waals surface area contributed by atoms with E-state index in [4.69, 9.17) is 9.47 Å². The molecule has 25 heavy (non-hydrogen) atoms. The maximum atomic E-state index is 12.0. The maximum absolute atomic E-state index is 12.0. The summed E-state index contributed by atoms with van der Waals surface area (Å²) in [4.78, 5) is 24.0. The van der Waals surface area contributed by atoms with Crippen molar-refractivity contribution in [2.75, 3.05) is 13.2 Å². The van der Waals surface area contributed by atoms with Crippen LogP contribution in [0.1, 0.15) is 56.8 Å². The third-order valence-electron chi connectivity index (χ3n) is 4.47. The van der Waals surface area contributed by atoms with E-state index in [-0.39, 0.29) is 18.6 Å². The van der Waals surface area contributed by atoms with E-state index in [0.29, 0.717) is 29.8 Å². The first-order valence-corrected chi connectivity index (χ1v) is 9.15. The molecule has 5 nitrogen and oxygen atoms in total. The minimum atomic E-state index is -0.498. The molecule has 1 aliphatic rings. The van der Waals surface area contributed by atoms with Gasteiger partial charge in [0.2, 0.25) is 0 Å². The molecule has 0 unspecified atom stereocenters. The molecule has 2 rings (SSSR count). The number of carbonyl (C=O) groups excluding carboxylic acids is 2. The first kappa shape index (κ1) is 19.3. The Morgan fingerprint density at radius 2 is 1.84 bits per heavy atom. The van der Waals surface area contributed by atoms with Crippen LogP contribution in [0.4, 0.5) is 0 Å². The fourth-order valence-corrected chi connectivity index (χ4v) is 2.94. The van der Waals surface area contributed by atoms with Crippen molar-refractivity contribution in [2.24, 2.45) is 11.8 Å². The van der Waals surface area contributed by atoms with Crippen molar-refractivity contribution in [3.8, 4) is 5.75 Å². The average molecular weight is 347 g/mol. The molecule has 1 fully saturated rings. The lowest BCUT2D eigenvalue weighted by Crippen LogP contribution is -2.42. The highest BCUT2D eigenvalue weighted by atomic mass is 16.5. The van der Waals surface area contributed by atoms with Gasteiger partial charge in [-0.3, -0.25) is 4.79 Å². The SMILES string of the molecule is CC(C)COc1ccc(C(=O)OCC(=O)N[C@H]2CCCC[C@H]2C)cc1. The molecule has 0 bridgehead atoms. The second-order valence-electron chi connectivity index (χ2n) is 7.24. The number of rotatable bonds is 7. The normalized spacial score (nSPS) is 20.2. The van der Waals surface area contributed by atoms with Crippen molar-refractivity contribution in [2.45, 2.75) is 52.5 Å². The van der Waals surface area contributed by atoms with Gasteiger partial charge in [0.05, 0.1) is 12.2 Å². The standard InChI is InChI=1S/C20H29NO4/c1-14(2)12-24-17-10-8-16(9-11-17)20(23)25-13-19(22)21-18-7-5-4-6-15(18)3/h8-11,14-15,18H,4-7,12-13H2,1-3H3,(H,21,22)/t15-,18+/m1/s1. The van der Waals surface area contributed by atoms with E-state index in [2.05, 4.69) is 26.1 Å². The molecule has 1 aliphatic carbocycles. The summed E-state index contributed by atoms with van der Waals surface area (Å²) in [6.45, 7) is 6.69. The molecular weight excluding hydrogens is 318 g/mol. The summed E-state index contributed by atoms with van der Waals surface area (Å²) in [6.07, 6.45) is 4.49. The van der Waals surface area contributed by atoms with Crippen LogP contribution in [0.5, 0.6) is 5.75 Å². The summed E-state index contributed by atoms with van der Waals surface area (Å²) < 4.78 is 10.7. The Balaban J connectivity index is 1.76. The second kappa shape index (κ2) is 9.44. The van der Waals surface area contributed by atoms with Gasteiger partial charge in [-0.2, -0.15) is 0 Å². The zero-order valence-corrected chi connectivity index (χ0v) is 15.4. The summed E-state index contributed by atoms with van der Waals surface area (Å²) in [7, 11) is 0. The Morgan fingerprint density at radius 1 is 1.16 bits per heavy atom. The van der Waals surface area contributed by atoms with E-state index >= 15 is 0 Å². The van der Waals surface area contributed by atoms with Gasteiger partial charge in [0.15, 0.2) is 6.61 Å². The smallest absolute Gasteiger partial charge is 0.338 e. The summed E-state index contributed by atoms with van der Waals surface area (Å²) in [5.41, 5.74) is 0.413. The van der Waals surface area contributed by atoms with Crippen LogP contribution in [0.15, 0.2) is 24.3 Å². The van der Waals surface area contributed by atoms with Crippen LogP contribution in [0.3, 0.4) is 0 Å². The van der Waals surface area contributed by atoms with Gasteiger partial charge in [-0.1, -0.05) is 33.6 Å². The van der Waals surface area contributed by atoms with E-state index in [0.717, 1.165) is 19.3 Å². The molecule has 2 atom stereocenters. The summed E-state index contributed by atoms with van der Waals surface area (Å²) >= 11 is 0. The van der Waals surface area contributed by atoms with Crippen molar-refractivity contribution >= 4 is 11.9 Å². The zero-order chi connectivity index (χ0) is 18.2. The fraction of sp³-hybridized carbons (Fsp3) is 0.600. The minimum Gasteiger partial charge on any atom is -0.493 e. The second-order valence-corrected chi connectivity index (χ2v) is 7.24. The van der Waals surface area contributed by atoms with Crippen molar-refractivity contribution in [3.63, 3.8) is 0 Å². The van der Waals surface area contributed by atoms with Crippen LogP contribution in [0, 0.1) is 11.8 Å². The third kappa shape index (κ3) is 6.40. The van der Waals surface area contributed by atoms with Gasteiger partial charge in [-0.05, 0) is 48.9 Å². The predicted molar refractivity (Wildman–Crippen MR) is 96.6 cm³/mol. The molecule has 1 amide bonds. The van der Waals surface area contributed by atoms with Crippen molar-refractivity contribution in [1.82, 2.24) is 5.32 Å². The van der Waals surface area contributed by atoms with Gasteiger partial charge in [0, 0.05) is 6.04 Å². The Morgan fingerprint density at radius 3 is 2.48 bits per heavy atom.